The van der Waals surface area contributed by atoms with Crippen molar-refractivity contribution in [2.24, 2.45) is 5.92 Å². The van der Waals surface area contributed by atoms with E-state index in [9.17, 15) is 0 Å². The summed E-state index contributed by atoms with van der Waals surface area (Å²) in [7, 11) is 45.8. The summed E-state index contributed by atoms with van der Waals surface area (Å²) >= 11 is 0. The predicted octanol–water partition coefficient (Wildman–Crippen LogP) is 0.495. The molecule has 2 atom stereocenters. The van der Waals surface area contributed by atoms with Crippen LogP contribution in [0, 0.1) is 19.8 Å². The highest BCUT2D eigenvalue weighted by atomic mass is 16.5. The second-order valence-electron chi connectivity index (χ2n) is 10.6. The standard InChI is InChI=1S/C10H16O.C10H10O.CH4.B15/c2*1-7-3-4-9-8(2)6-11-10(9)5-7;;1-9-13(8)15(12(6)7)14(10(2)3)11(4)5/h7,10H,3-6H2,1-2H3;3-6H,1-2H3;1H4;. The van der Waals surface area contributed by atoms with Gasteiger partial charge in [0.2, 0.25) is 0 Å². The summed E-state index contributed by atoms with van der Waals surface area (Å²) in [5.74, 6) is 0.870. The van der Waals surface area contributed by atoms with Crippen LogP contribution in [0.3, 0.4) is 0 Å². The van der Waals surface area contributed by atoms with Crippen molar-refractivity contribution in [1.29, 1.82) is 0 Å². The molecule has 0 N–H and O–H groups in total. The Morgan fingerprint density at radius 1 is 0.921 bits per heavy atom. The second-order valence-corrected chi connectivity index (χ2v) is 10.6. The SMILES string of the molecule is C.CC1=C2CCC(C)CC2OC1.Cc1ccc2c(C)coc2c1.[B][B]B([B])B(B([B])[B])B(B([B])[B])B([B])[B]. The van der Waals surface area contributed by atoms with Gasteiger partial charge in [0.05, 0.1) is 19.0 Å². The van der Waals surface area contributed by atoms with E-state index in [1.54, 1.807) is 11.8 Å². The van der Waals surface area contributed by atoms with Gasteiger partial charge >= 0.3 is 0 Å². The number of rotatable bonds is 6. The van der Waals surface area contributed by atoms with Gasteiger partial charge in [-0.25, -0.2) is 0 Å². The first-order valence-electron chi connectivity index (χ1n) is 13.0. The van der Waals surface area contributed by atoms with E-state index >= 15 is 0 Å². The third kappa shape index (κ3) is 9.81. The van der Waals surface area contributed by atoms with Gasteiger partial charge in [-0.3, -0.25) is 0 Å². The molecule has 2 aromatic rings. The van der Waals surface area contributed by atoms with E-state index in [4.69, 9.17) is 71.1 Å². The van der Waals surface area contributed by atoms with Crippen LogP contribution in [0.4, 0.5) is 0 Å². The van der Waals surface area contributed by atoms with Gasteiger partial charge in [0.1, 0.15) is 5.58 Å². The van der Waals surface area contributed by atoms with Gasteiger partial charge in [0.25, 0.3) is 0 Å². The van der Waals surface area contributed by atoms with Crippen LogP contribution in [0.15, 0.2) is 40.0 Å². The Labute approximate surface area is 246 Å². The first kappa shape index (κ1) is 35.5. The summed E-state index contributed by atoms with van der Waals surface area (Å²) in [4.78, 5) is 0. The number of furan rings is 1. The van der Waals surface area contributed by atoms with Crippen molar-refractivity contribution in [3.05, 3.63) is 46.7 Å². The molecule has 4 rings (SSSR count). The number of aryl methyl sites for hydroxylation is 2. The molecule has 0 spiro atoms. The summed E-state index contributed by atoms with van der Waals surface area (Å²) in [6.07, 6.45) is 2.44. The first-order valence-corrected chi connectivity index (χ1v) is 13.0. The Morgan fingerprint density at radius 3 is 2.08 bits per heavy atom. The molecule has 2 nitrogen and oxygen atoms in total. The monoisotopic (exact) mass is 479 g/mol. The van der Waals surface area contributed by atoms with Crippen molar-refractivity contribution in [3.63, 3.8) is 0 Å². The summed E-state index contributed by atoms with van der Waals surface area (Å²) in [6.45, 7) is 9.56. The molecule has 1 aliphatic heterocycles. The summed E-state index contributed by atoms with van der Waals surface area (Å²) in [5.41, 5.74) is 6.55. The van der Waals surface area contributed by atoms with Gasteiger partial charge in [0.15, 0.2) is 0 Å². The average molecular weight is 477 g/mol. The number of ether oxygens (including phenoxy) is 1. The highest BCUT2D eigenvalue weighted by molar-refractivity contribution is 8.12. The quantitative estimate of drug-likeness (QED) is 0.448. The van der Waals surface area contributed by atoms with Gasteiger partial charge in [-0.05, 0) is 74.3 Å². The molecule has 2 heterocycles. The van der Waals surface area contributed by atoms with E-state index in [2.05, 4.69) is 45.9 Å². The largest absolute Gasteiger partial charge is 0.464 e. The van der Waals surface area contributed by atoms with Crippen molar-refractivity contribution in [1.82, 2.24) is 0 Å². The first-order chi connectivity index (χ1) is 17.4. The van der Waals surface area contributed by atoms with Crippen molar-refractivity contribution < 1.29 is 9.15 Å². The van der Waals surface area contributed by atoms with Gasteiger partial charge < -0.3 is 9.15 Å². The number of hydrogen-bond donors (Lipinski definition) is 0. The minimum Gasteiger partial charge on any atom is -0.464 e. The third-order valence-corrected chi connectivity index (χ3v) is 7.33. The van der Waals surface area contributed by atoms with Crippen LogP contribution in [0.5, 0.6) is 0 Å². The number of benzene rings is 1. The van der Waals surface area contributed by atoms with Gasteiger partial charge in [-0.2, -0.15) is 0 Å². The van der Waals surface area contributed by atoms with E-state index in [0.29, 0.717) is 6.10 Å². The molecular weight excluding hydrogens is 446 g/mol. The van der Waals surface area contributed by atoms with Crippen LogP contribution in [0.2, 0.25) is 0 Å². The fraction of sp³-hybridized carbons (Fsp3) is 0.524. The van der Waals surface area contributed by atoms with E-state index < -0.39 is 38.3 Å². The summed E-state index contributed by atoms with van der Waals surface area (Å²) in [6, 6.07) is 6.26. The van der Waals surface area contributed by atoms with Crippen LogP contribution >= 0.6 is 0 Å². The van der Waals surface area contributed by atoms with Crippen LogP contribution in [0.25, 0.3) is 11.0 Å². The van der Waals surface area contributed by atoms with Crippen molar-refractivity contribution >= 4 is 118 Å². The maximum atomic E-state index is 5.73. The zero-order valence-electron chi connectivity index (χ0n) is 22.8. The van der Waals surface area contributed by atoms with Gasteiger partial charge in [-0.1, -0.05) is 26.5 Å². The maximum absolute atomic E-state index is 5.73. The van der Waals surface area contributed by atoms with Crippen molar-refractivity contribution in [2.75, 3.05) is 6.61 Å². The number of hydrogen-bond acceptors (Lipinski definition) is 2. The van der Waals surface area contributed by atoms with E-state index in [0.717, 1.165) is 18.1 Å². The van der Waals surface area contributed by atoms with Crippen LogP contribution in [-0.4, -0.2) is 120 Å². The van der Waals surface area contributed by atoms with Crippen LogP contribution in [-0.2, 0) is 4.74 Å². The van der Waals surface area contributed by atoms with Crippen LogP contribution < -0.4 is 0 Å². The molecule has 0 saturated heterocycles. The lowest BCUT2D eigenvalue weighted by Gasteiger charge is -2.35. The Kier molecular flexibility index (Phi) is 15.5. The van der Waals surface area contributed by atoms with Crippen LogP contribution in [0.1, 0.15) is 51.7 Å². The highest BCUT2D eigenvalue weighted by Crippen LogP contribution is 2.36. The molecule has 1 saturated carbocycles. The minimum atomic E-state index is -0.754. The maximum Gasteiger partial charge on any atom is 0.134 e. The summed E-state index contributed by atoms with van der Waals surface area (Å²) in [5, 5.41) is 1.22. The molecule has 1 aliphatic carbocycles. The molecule has 1 aromatic carbocycles. The normalized spacial score (nSPS) is 17.5. The van der Waals surface area contributed by atoms with E-state index in [-0.39, 0.29) is 7.43 Å². The molecule has 0 bridgehead atoms. The average Bonchev–Trinajstić information content (AvgIpc) is 3.38. The molecular formula is C21H30B15O2. The minimum absolute atomic E-state index is 0. The highest BCUT2D eigenvalue weighted by Gasteiger charge is 2.36. The Morgan fingerprint density at radius 2 is 1.53 bits per heavy atom. The topological polar surface area (TPSA) is 22.4 Å². The fourth-order valence-corrected chi connectivity index (χ4v) is 5.10. The summed E-state index contributed by atoms with van der Waals surface area (Å²) < 4.78 is 11.0. The van der Waals surface area contributed by atoms with Crippen molar-refractivity contribution in [3.8, 4) is 0 Å². The van der Waals surface area contributed by atoms with E-state index in [1.807, 2.05) is 0 Å². The molecule has 1 fully saturated rings. The van der Waals surface area contributed by atoms with Gasteiger partial charge in [-0.15, -0.1) is 0 Å². The van der Waals surface area contributed by atoms with E-state index in [1.165, 1.54) is 48.4 Å². The molecule has 1 aromatic heterocycles. The lowest BCUT2D eigenvalue weighted by atomic mass is 8.46. The molecule has 17 heteroatoms. The van der Waals surface area contributed by atoms with Crippen molar-refractivity contribution in [2.45, 2.75) is 60.5 Å². The molecule has 2 aliphatic rings. The number of fused-ring (bicyclic) bond motifs is 2. The lowest BCUT2D eigenvalue weighted by Crippen LogP contribution is -2.73. The lowest BCUT2D eigenvalue weighted by molar-refractivity contribution is 0.0876. The zero-order chi connectivity index (χ0) is 27.9. The Hall–Kier alpha value is -0.566. The zero-order valence-corrected chi connectivity index (χ0v) is 22.8. The molecule has 2 unspecified atom stereocenters. The predicted molar refractivity (Wildman–Crippen MR) is 184 cm³/mol. The Balaban J connectivity index is 0.000000285. The smallest absolute Gasteiger partial charge is 0.134 e. The molecule has 17 radical (unpaired) electrons. The molecule has 171 valence electrons. The molecule has 38 heavy (non-hydrogen) atoms. The molecule has 0 amide bonds. The second kappa shape index (κ2) is 16.6. The van der Waals surface area contributed by atoms with Gasteiger partial charge in [0, 0.05) is 113 Å². The fourth-order valence-electron chi connectivity index (χ4n) is 5.10. The Bertz CT molecular complexity index is 1000. The third-order valence-electron chi connectivity index (χ3n) is 7.33.